The zero-order valence-electron chi connectivity index (χ0n) is 13.0. The SMILES string of the molecule is CCCCN(CCCC)c1cccc(SCC)c1C#N. The molecule has 20 heavy (non-hydrogen) atoms. The third-order valence-corrected chi connectivity index (χ3v) is 4.26. The lowest BCUT2D eigenvalue weighted by Crippen LogP contribution is -2.26. The van der Waals surface area contributed by atoms with E-state index in [0.29, 0.717) is 0 Å². The molecule has 0 N–H and O–H groups in total. The molecular formula is C17H26N2S. The van der Waals surface area contributed by atoms with Gasteiger partial charge >= 0.3 is 0 Å². The van der Waals surface area contributed by atoms with Gasteiger partial charge in [0.2, 0.25) is 0 Å². The Bertz CT molecular complexity index is 429. The van der Waals surface area contributed by atoms with E-state index in [4.69, 9.17) is 0 Å². The summed E-state index contributed by atoms with van der Waals surface area (Å²) >= 11 is 1.76. The van der Waals surface area contributed by atoms with Crippen LogP contribution in [-0.4, -0.2) is 18.8 Å². The first-order valence-corrected chi connectivity index (χ1v) is 8.67. The van der Waals surface area contributed by atoms with Gasteiger partial charge in [-0.15, -0.1) is 11.8 Å². The second-order valence-electron chi connectivity index (χ2n) is 4.89. The third-order valence-electron chi connectivity index (χ3n) is 3.32. The Labute approximate surface area is 128 Å². The lowest BCUT2D eigenvalue weighted by atomic mass is 10.1. The molecule has 1 rings (SSSR count). The quantitative estimate of drug-likeness (QED) is 0.594. The van der Waals surface area contributed by atoms with E-state index in [1.165, 1.54) is 25.7 Å². The third kappa shape index (κ3) is 4.76. The molecule has 0 heterocycles. The molecule has 0 aromatic heterocycles. The number of hydrogen-bond acceptors (Lipinski definition) is 3. The van der Waals surface area contributed by atoms with E-state index < -0.39 is 0 Å². The van der Waals surface area contributed by atoms with Crippen LogP contribution in [0.1, 0.15) is 52.0 Å². The van der Waals surface area contributed by atoms with Crippen molar-refractivity contribution in [2.75, 3.05) is 23.7 Å². The van der Waals surface area contributed by atoms with Crippen LogP contribution < -0.4 is 4.90 Å². The number of thioether (sulfide) groups is 1. The van der Waals surface area contributed by atoms with E-state index in [2.05, 4.69) is 49.9 Å². The van der Waals surface area contributed by atoms with Gasteiger partial charge in [0.1, 0.15) is 6.07 Å². The largest absolute Gasteiger partial charge is 0.370 e. The first-order chi connectivity index (χ1) is 9.78. The van der Waals surface area contributed by atoms with Crippen LogP contribution >= 0.6 is 11.8 Å². The number of anilines is 1. The van der Waals surface area contributed by atoms with Gasteiger partial charge in [-0.05, 0) is 30.7 Å². The molecule has 1 aromatic rings. The molecule has 0 fully saturated rings. The fraction of sp³-hybridized carbons (Fsp3) is 0.588. The Balaban J connectivity index is 3.04. The molecule has 2 nitrogen and oxygen atoms in total. The van der Waals surface area contributed by atoms with E-state index in [1.807, 2.05) is 0 Å². The Morgan fingerprint density at radius 2 is 1.75 bits per heavy atom. The number of benzene rings is 1. The summed E-state index contributed by atoms with van der Waals surface area (Å²) in [7, 11) is 0. The number of unbranched alkanes of at least 4 members (excludes halogenated alkanes) is 2. The van der Waals surface area contributed by atoms with Crippen molar-refractivity contribution in [3.63, 3.8) is 0 Å². The fourth-order valence-electron chi connectivity index (χ4n) is 2.22. The molecule has 0 aliphatic carbocycles. The Kier molecular flexibility index (Phi) is 8.22. The van der Waals surface area contributed by atoms with Crippen LogP contribution in [0.2, 0.25) is 0 Å². The zero-order valence-corrected chi connectivity index (χ0v) is 13.8. The predicted molar refractivity (Wildman–Crippen MR) is 89.6 cm³/mol. The van der Waals surface area contributed by atoms with E-state index in [1.54, 1.807) is 11.8 Å². The summed E-state index contributed by atoms with van der Waals surface area (Å²) in [5.41, 5.74) is 1.97. The highest BCUT2D eigenvalue weighted by atomic mass is 32.2. The summed E-state index contributed by atoms with van der Waals surface area (Å²) in [5.74, 6) is 1.00. The van der Waals surface area contributed by atoms with Crippen LogP contribution in [0.25, 0.3) is 0 Å². The van der Waals surface area contributed by atoms with E-state index in [9.17, 15) is 5.26 Å². The van der Waals surface area contributed by atoms with Gasteiger partial charge in [0.15, 0.2) is 0 Å². The normalized spacial score (nSPS) is 10.3. The molecule has 0 saturated carbocycles. The van der Waals surface area contributed by atoms with Crippen LogP contribution in [0.5, 0.6) is 0 Å². The van der Waals surface area contributed by atoms with Crippen molar-refractivity contribution in [1.82, 2.24) is 0 Å². The Morgan fingerprint density at radius 1 is 1.10 bits per heavy atom. The molecule has 110 valence electrons. The molecule has 0 unspecified atom stereocenters. The minimum absolute atomic E-state index is 0.853. The highest BCUT2D eigenvalue weighted by Gasteiger charge is 2.13. The van der Waals surface area contributed by atoms with Crippen LogP contribution in [0.15, 0.2) is 23.1 Å². The molecule has 0 spiro atoms. The average molecular weight is 290 g/mol. The molecule has 0 amide bonds. The maximum atomic E-state index is 9.54. The zero-order chi connectivity index (χ0) is 14.8. The summed E-state index contributed by atoms with van der Waals surface area (Å²) in [6, 6.07) is 8.67. The fourth-order valence-corrected chi connectivity index (χ4v) is 3.00. The van der Waals surface area contributed by atoms with Crippen LogP contribution in [0, 0.1) is 11.3 Å². The van der Waals surface area contributed by atoms with Gasteiger partial charge in [0.25, 0.3) is 0 Å². The summed E-state index contributed by atoms with van der Waals surface area (Å²) in [6.07, 6.45) is 4.74. The molecule has 3 heteroatoms. The van der Waals surface area contributed by atoms with Crippen molar-refractivity contribution in [2.24, 2.45) is 0 Å². The first-order valence-electron chi connectivity index (χ1n) is 7.69. The molecule has 0 aliphatic rings. The van der Waals surface area contributed by atoms with Crippen LogP contribution in [-0.2, 0) is 0 Å². The van der Waals surface area contributed by atoms with Gasteiger partial charge in [-0.3, -0.25) is 0 Å². The summed E-state index contributed by atoms with van der Waals surface area (Å²) in [5, 5.41) is 9.54. The van der Waals surface area contributed by atoms with Crippen molar-refractivity contribution >= 4 is 17.4 Å². The minimum Gasteiger partial charge on any atom is -0.370 e. The second kappa shape index (κ2) is 9.72. The van der Waals surface area contributed by atoms with Gasteiger partial charge in [-0.25, -0.2) is 0 Å². The van der Waals surface area contributed by atoms with Crippen LogP contribution in [0.4, 0.5) is 5.69 Å². The number of rotatable bonds is 9. The van der Waals surface area contributed by atoms with Crippen molar-refractivity contribution in [1.29, 1.82) is 5.26 Å². The van der Waals surface area contributed by atoms with E-state index in [0.717, 1.165) is 35.0 Å². The molecule has 0 aliphatic heterocycles. The molecule has 0 atom stereocenters. The van der Waals surface area contributed by atoms with Crippen molar-refractivity contribution < 1.29 is 0 Å². The highest BCUT2D eigenvalue weighted by molar-refractivity contribution is 7.99. The first kappa shape index (κ1) is 16.9. The smallest absolute Gasteiger partial charge is 0.103 e. The number of hydrogen-bond donors (Lipinski definition) is 0. The van der Waals surface area contributed by atoms with Gasteiger partial charge in [-0.1, -0.05) is 39.7 Å². The summed E-state index contributed by atoms with van der Waals surface area (Å²) in [4.78, 5) is 3.51. The number of nitriles is 1. The molecule has 0 radical (unpaired) electrons. The Morgan fingerprint density at radius 3 is 2.25 bits per heavy atom. The summed E-state index contributed by atoms with van der Waals surface area (Å²) < 4.78 is 0. The molecule has 1 aromatic carbocycles. The van der Waals surface area contributed by atoms with Crippen molar-refractivity contribution in [2.45, 2.75) is 51.3 Å². The van der Waals surface area contributed by atoms with Gasteiger partial charge in [-0.2, -0.15) is 5.26 Å². The van der Waals surface area contributed by atoms with Gasteiger partial charge in [0.05, 0.1) is 11.3 Å². The number of nitrogens with zero attached hydrogens (tertiary/aromatic N) is 2. The standard InChI is InChI=1S/C17H26N2S/c1-4-7-12-19(13-8-5-2)16-10-9-11-17(20-6-3)15(16)14-18/h9-11H,4-8,12-13H2,1-3H3. The minimum atomic E-state index is 0.853. The van der Waals surface area contributed by atoms with E-state index >= 15 is 0 Å². The van der Waals surface area contributed by atoms with E-state index in [-0.39, 0.29) is 0 Å². The van der Waals surface area contributed by atoms with Crippen molar-refractivity contribution in [3.8, 4) is 6.07 Å². The predicted octanol–water partition coefficient (Wildman–Crippen LogP) is 5.08. The lowest BCUT2D eigenvalue weighted by Gasteiger charge is -2.26. The van der Waals surface area contributed by atoms with Crippen molar-refractivity contribution in [3.05, 3.63) is 23.8 Å². The molecule has 0 bridgehead atoms. The monoisotopic (exact) mass is 290 g/mol. The highest BCUT2D eigenvalue weighted by Crippen LogP contribution is 2.30. The van der Waals surface area contributed by atoms with Gasteiger partial charge < -0.3 is 4.90 Å². The average Bonchev–Trinajstić information content (AvgIpc) is 2.47. The topological polar surface area (TPSA) is 27.0 Å². The maximum Gasteiger partial charge on any atom is 0.103 e. The molecular weight excluding hydrogens is 264 g/mol. The second-order valence-corrected chi connectivity index (χ2v) is 6.20. The maximum absolute atomic E-state index is 9.54. The Hall–Kier alpha value is -1.14. The lowest BCUT2D eigenvalue weighted by molar-refractivity contribution is 0.677. The van der Waals surface area contributed by atoms with Gasteiger partial charge in [0, 0.05) is 18.0 Å². The van der Waals surface area contributed by atoms with Crippen LogP contribution in [0.3, 0.4) is 0 Å². The summed E-state index contributed by atoms with van der Waals surface area (Å²) in [6.45, 7) is 8.65. The molecule has 0 saturated heterocycles.